The van der Waals surface area contributed by atoms with E-state index in [0.717, 1.165) is 24.4 Å². The summed E-state index contributed by atoms with van der Waals surface area (Å²) >= 11 is 0. The molecular formula is C11H19NO. The van der Waals surface area contributed by atoms with Crippen LogP contribution >= 0.6 is 0 Å². The minimum Gasteiger partial charge on any atom is -0.360 e. The first kappa shape index (κ1) is 8.25. The average Bonchev–Trinajstić information content (AvgIpc) is 2.80. The van der Waals surface area contributed by atoms with E-state index in [9.17, 15) is 0 Å². The van der Waals surface area contributed by atoms with Crippen LogP contribution in [-0.2, 0) is 4.74 Å². The molecule has 2 heteroatoms. The molecule has 1 unspecified atom stereocenters. The van der Waals surface area contributed by atoms with Crippen LogP contribution < -0.4 is 0 Å². The van der Waals surface area contributed by atoms with Crippen molar-refractivity contribution in [3.8, 4) is 0 Å². The van der Waals surface area contributed by atoms with Crippen molar-refractivity contribution in [2.24, 2.45) is 17.8 Å². The molecule has 3 rings (SSSR count). The first-order valence-electron chi connectivity index (χ1n) is 5.60. The van der Waals surface area contributed by atoms with Crippen LogP contribution in [0.2, 0.25) is 0 Å². The summed E-state index contributed by atoms with van der Waals surface area (Å²) in [6, 6.07) is 0. The normalized spacial score (nSPS) is 55.4. The second-order valence-electron chi connectivity index (χ2n) is 5.11. The number of rotatable bonds is 0. The van der Waals surface area contributed by atoms with Crippen LogP contribution in [-0.4, -0.2) is 30.8 Å². The van der Waals surface area contributed by atoms with Crippen LogP contribution in [0.25, 0.3) is 0 Å². The second kappa shape index (κ2) is 2.48. The van der Waals surface area contributed by atoms with E-state index < -0.39 is 0 Å². The first-order valence-corrected chi connectivity index (χ1v) is 5.60. The molecule has 1 heterocycles. The molecule has 1 spiro atoms. The molecule has 13 heavy (non-hydrogen) atoms. The van der Waals surface area contributed by atoms with Crippen molar-refractivity contribution in [1.82, 2.24) is 4.90 Å². The Morgan fingerprint density at radius 2 is 2.23 bits per heavy atom. The van der Waals surface area contributed by atoms with Crippen molar-refractivity contribution in [3.05, 3.63) is 0 Å². The van der Waals surface area contributed by atoms with Gasteiger partial charge in [-0.2, -0.15) is 0 Å². The lowest BCUT2D eigenvalue weighted by atomic mass is 9.93. The van der Waals surface area contributed by atoms with E-state index in [2.05, 4.69) is 18.9 Å². The highest BCUT2D eigenvalue weighted by Gasteiger charge is 2.64. The summed E-state index contributed by atoms with van der Waals surface area (Å²) in [5.41, 5.74) is 0.156. The van der Waals surface area contributed by atoms with Crippen LogP contribution in [0.15, 0.2) is 0 Å². The van der Waals surface area contributed by atoms with Gasteiger partial charge in [-0.15, -0.1) is 0 Å². The summed E-state index contributed by atoms with van der Waals surface area (Å²) < 4.78 is 6.13. The summed E-state index contributed by atoms with van der Waals surface area (Å²) in [7, 11) is 2.25. The highest BCUT2D eigenvalue weighted by molar-refractivity contribution is 5.11. The maximum Gasteiger partial charge on any atom is 0.127 e. The smallest absolute Gasteiger partial charge is 0.127 e. The Balaban J connectivity index is 1.91. The fraction of sp³-hybridized carbons (Fsp3) is 1.00. The topological polar surface area (TPSA) is 12.5 Å². The quantitative estimate of drug-likeness (QED) is 0.564. The summed E-state index contributed by atoms with van der Waals surface area (Å²) in [6.07, 6.45) is 4.03. The van der Waals surface area contributed by atoms with Gasteiger partial charge in [-0.3, -0.25) is 4.90 Å². The zero-order chi connectivity index (χ0) is 9.05. The van der Waals surface area contributed by atoms with Crippen molar-refractivity contribution in [1.29, 1.82) is 0 Å². The first-order chi connectivity index (χ1) is 6.25. The molecule has 2 saturated carbocycles. The maximum atomic E-state index is 6.13. The van der Waals surface area contributed by atoms with E-state index in [1.165, 1.54) is 25.8 Å². The standard InChI is InChI=1S/C11H19NO/c1-8-6-9-7-10(9)11(8)12(2)4-3-5-13-11/h8-10H,3-7H2,1-2H3/t8-,9+,10?,11+/m0/s1. The Hall–Kier alpha value is -0.0800. The predicted octanol–water partition coefficient (Wildman–Crippen LogP) is 1.71. The molecule has 1 aliphatic heterocycles. The fourth-order valence-electron chi connectivity index (χ4n) is 3.73. The second-order valence-corrected chi connectivity index (χ2v) is 5.11. The van der Waals surface area contributed by atoms with Crippen LogP contribution in [0.1, 0.15) is 26.2 Å². The van der Waals surface area contributed by atoms with Crippen LogP contribution in [0.3, 0.4) is 0 Å². The SMILES string of the molecule is C[C@H]1C[C@@H]2CC2[C@]12OCCCN2C. The maximum absolute atomic E-state index is 6.13. The Labute approximate surface area is 80.2 Å². The van der Waals surface area contributed by atoms with E-state index in [1.54, 1.807) is 0 Å². The minimum atomic E-state index is 0.156. The highest BCUT2D eigenvalue weighted by atomic mass is 16.5. The van der Waals surface area contributed by atoms with E-state index >= 15 is 0 Å². The van der Waals surface area contributed by atoms with Crippen molar-refractivity contribution in [2.75, 3.05) is 20.2 Å². The molecule has 2 nitrogen and oxygen atoms in total. The summed E-state index contributed by atoms with van der Waals surface area (Å²) in [6.45, 7) is 4.58. The van der Waals surface area contributed by atoms with Gasteiger partial charge in [-0.25, -0.2) is 0 Å². The van der Waals surface area contributed by atoms with Crippen LogP contribution in [0.5, 0.6) is 0 Å². The van der Waals surface area contributed by atoms with Gasteiger partial charge in [-0.1, -0.05) is 6.92 Å². The molecule has 74 valence electrons. The van der Waals surface area contributed by atoms with Gasteiger partial charge in [0.1, 0.15) is 5.72 Å². The highest BCUT2D eigenvalue weighted by Crippen LogP contribution is 2.63. The van der Waals surface area contributed by atoms with Gasteiger partial charge >= 0.3 is 0 Å². The minimum absolute atomic E-state index is 0.156. The molecule has 4 atom stereocenters. The van der Waals surface area contributed by atoms with Gasteiger partial charge in [0.05, 0.1) is 6.61 Å². The lowest BCUT2D eigenvalue weighted by Crippen LogP contribution is -2.56. The molecule has 0 amide bonds. The molecule has 3 fully saturated rings. The zero-order valence-electron chi connectivity index (χ0n) is 8.62. The molecule has 0 aromatic rings. The Bertz CT molecular complexity index is 226. The monoisotopic (exact) mass is 181 g/mol. The lowest BCUT2D eigenvalue weighted by molar-refractivity contribution is -0.207. The fourth-order valence-corrected chi connectivity index (χ4v) is 3.73. The van der Waals surface area contributed by atoms with Crippen molar-refractivity contribution in [3.63, 3.8) is 0 Å². The number of nitrogens with zero attached hydrogens (tertiary/aromatic N) is 1. The third kappa shape index (κ3) is 0.909. The average molecular weight is 181 g/mol. The van der Waals surface area contributed by atoms with Gasteiger partial charge in [0.25, 0.3) is 0 Å². The molecule has 0 radical (unpaired) electrons. The van der Waals surface area contributed by atoms with Gasteiger partial charge < -0.3 is 4.74 Å². The molecule has 3 aliphatic rings. The van der Waals surface area contributed by atoms with Gasteiger partial charge in [0.2, 0.25) is 0 Å². The van der Waals surface area contributed by atoms with Crippen molar-refractivity contribution < 1.29 is 4.74 Å². The molecule has 0 N–H and O–H groups in total. The summed E-state index contributed by atoms with van der Waals surface area (Å²) in [5, 5.41) is 0. The third-order valence-corrected chi connectivity index (χ3v) is 4.38. The van der Waals surface area contributed by atoms with E-state index in [-0.39, 0.29) is 5.72 Å². The van der Waals surface area contributed by atoms with Gasteiger partial charge in [0, 0.05) is 12.5 Å². The molecule has 1 saturated heterocycles. The zero-order valence-corrected chi connectivity index (χ0v) is 8.62. The van der Waals surface area contributed by atoms with Crippen LogP contribution in [0.4, 0.5) is 0 Å². The van der Waals surface area contributed by atoms with E-state index in [1.807, 2.05) is 0 Å². The van der Waals surface area contributed by atoms with Gasteiger partial charge in [0.15, 0.2) is 0 Å². The molecule has 0 aromatic heterocycles. The third-order valence-electron chi connectivity index (χ3n) is 4.38. The number of ether oxygens (including phenoxy) is 1. The van der Waals surface area contributed by atoms with Gasteiger partial charge in [-0.05, 0) is 38.1 Å². The number of hydrogen-bond acceptors (Lipinski definition) is 2. The number of fused-ring (bicyclic) bond motifs is 2. The Kier molecular flexibility index (Phi) is 1.58. The lowest BCUT2D eigenvalue weighted by Gasteiger charge is -2.47. The van der Waals surface area contributed by atoms with E-state index in [0.29, 0.717) is 0 Å². The summed E-state index contributed by atoms with van der Waals surface area (Å²) in [4.78, 5) is 2.48. The largest absolute Gasteiger partial charge is 0.360 e. The summed E-state index contributed by atoms with van der Waals surface area (Å²) in [5.74, 6) is 2.62. The predicted molar refractivity (Wildman–Crippen MR) is 51.3 cm³/mol. The Morgan fingerprint density at radius 3 is 2.85 bits per heavy atom. The number of hydrogen-bond donors (Lipinski definition) is 0. The molecule has 2 aliphatic carbocycles. The van der Waals surface area contributed by atoms with Crippen molar-refractivity contribution in [2.45, 2.75) is 31.9 Å². The molecular weight excluding hydrogens is 162 g/mol. The molecule has 0 bridgehead atoms. The van der Waals surface area contributed by atoms with Crippen molar-refractivity contribution >= 4 is 0 Å². The molecule has 0 aromatic carbocycles. The van der Waals surface area contributed by atoms with Crippen LogP contribution in [0, 0.1) is 17.8 Å². The Morgan fingerprint density at radius 1 is 1.38 bits per heavy atom. The van der Waals surface area contributed by atoms with E-state index in [4.69, 9.17) is 4.74 Å².